The highest BCUT2D eigenvalue weighted by Crippen LogP contribution is 2.45. The van der Waals surface area contributed by atoms with Gasteiger partial charge in [0.05, 0.1) is 6.42 Å². The summed E-state index contributed by atoms with van der Waals surface area (Å²) >= 11 is 2.51. The van der Waals surface area contributed by atoms with E-state index in [4.69, 9.17) is 0 Å². The monoisotopic (exact) mass is 604 g/mol. The number of anilines is 2. The number of alkyl halides is 3. The fraction of sp³-hybridized carbons (Fsp3) is 0.308. The number of amides is 2. The van der Waals surface area contributed by atoms with Crippen molar-refractivity contribution in [2.24, 2.45) is 0 Å². The fourth-order valence-corrected chi connectivity index (χ4v) is 6.29. The Kier molecular flexibility index (Phi) is 8.56. The summed E-state index contributed by atoms with van der Waals surface area (Å²) in [4.78, 5) is 24.9. The maximum Gasteiger partial charge on any atom is 0.573 e. The molecule has 0 aliphatic heterocycles. The van der Waals surface area contributed by atoms with Gasteiger partial charge in [-0.25, -0.2) is 0 Å². The maximum atomic E-state index is 12.5. The van der Waals surface area contributed by atoms with Crippen LogP contribution in [0.2, 0.25) is 0 Å². The molecular formula is C26H23F3N6O4S2. The molecule has 5 rings (SSSR count). The van der Waals surface area contributed by atoms with Crippen molar-refractivity contribution < 1.29 is 32.6 Å². The Hall–Kier alpha value is -3.95. The third-order valence-corrected chi connectivity index (χ3v) is 8.35. The summed E-state index contributed by atoms with van der Waals surface area (Å²) in [5.41, 5.74) is 0.834. The lowest BCUT2D eigenvalue weighted by Gasteiger charge is -2.09. The molecule has 0 saturated heterocycles. The number of ether oxygens (including phenoxy) is 1. The number of aliphatic hydroxyl groups is 1. The summed E-state index contributed by atoms with van der Waals surface area (Å²) in [7, 11) is 0. The zero-order chi connectivity index (χ0) is 29.0. The minimum absolute atomic E-state index is 0.0983. The Labute approximate surface area is 239 Å². The molecule has 0 spiro atoms. The molecule has 214 valence electrons. The van der Waals surface area contributed by atoms with Crippen LogP contribution in [-0.2, 0) is 16.0 Å². The van der Waals surface area contributed by atoms with Crippen molar-refractivity contribution in [3.8, 4) is 5.75 Å². The first-order chi connectivity index (χ1) is 19.6. The molecule has 41 heavy (non-hydrogen) atoms. The maximum absolute atomic E-state index is 12.5. The van der Waals surface area contributed by atoms with E-state index in [-0.39, 0.29) is 18.3 Å². The normalized spacial score (nSPS) is 17.7. The number of carbonyl (C=O) groups excluding carboxylic acids is 2. The molecule has 1 fully saturated rings. The highest BCUT2D eigenvalue weighted by molar-refractivity contribution is 7.15. The van der Waals surface area contributed by atoms with Crippen LogP contribution < -0.4 is 15.4 Å². The van der Waals surface area contributed by atoms with E-state index in [0.29, 0.717) is 21.4 Å². The van der Waals surface area contributed by atoms with Gasteiger partial charge in [0.2, 0.25) is 16.2 Å². The number of carbonyl (C=O) groups is 2. The van der Waals surface area contributed by atoms with Crippen molar-refractivity contribution in [1.29, 1.82) is 0 Å². The SMILES string of the molecule is O=C(Cc1cccc(OC(F)(F)F)c1)Nc1nnc([C@H]2CC[C@H](c3nnc(NC(=O)C(O)c4ccccc4)s3)C2)s1. The molecule has 1 saturated carbocycles. The van der Waals surface area contributed by atoms with Gasteiger partial charge in [-0.3, -0.25) is 14.9 Å². The molecule has 3 atom stereocenters. The minimum atomic E-state index is -4.82. The lowest BCUT2D eigenvalue weighted by molar-refractivity contribution is -0.274. The number of halogens is 3. The van der Waals surface area contributed by atoms with Crippen molar-refractivity contribution in [3.63, 3.8) is 0 Å². The van der Waals surface area contributed by atoms with Crippen LogP contribution in [0.1, 0.15) is 58.3 Å². The fourth-order valence-electron chi connectivity index (χ4n) is 4.49. The molecular weight excluding hydrogens is 581 g/mol. The van der Waals surface area contributed by atoms with E-state index < -0.39 is 30.0 Å². The standard InChI is InChI=1S/C26H23F3N6O4S2/c27-26(28,29)39-18-8-4-5-14(11-18)12-19(36)30-24-34-32-22(40-24)16-9-10-17(13-16)23-33-35-25(41-23)31-21(38)20(37)15-6-2-1-3-7-15/h1-8,11,16-17,20,37H,9-10,12-13H2,(H,30,34,36)(H,31,35,38)/t16-,17-,20?/m0/s1. The van der Waals surface area contributed by atoms with Crippen molar-refractivity contribution >= 4 is 44.8 Å². The summed E-state index contributed by atoms with van der Waals surface area (Å²) in [5, 5.41) is 34.2. The first-order valence-corrected chi connectivity index (χ1v) is 14.1. The third-order valence-electron chi connectivity index (χ3n) is 6.35. The average molecular weight is 605 g/mol. The highest BCUT2D eigenvalue weighted by atomic mass is 32.1. The molecule has 0 bridgehead atoms. The number of aromatic nitrogens is 4. The van der Waals surface area contributed by atoms with Gasteiger partial charge in [-0.15, -0.1) is 33.6 Å². The largest absolute Gasteiger partial charge is 0.573 e. The van der Waals surface area contributed by atoms with Crippen LogP contribution in [0.25, 0.3) is 0 Å². The van der Waals surface area contributed by atoms with E-state index in [2.05, 4.69) is 35.8 Å². The third kappa shape index (κ3) is 7.62. The topological polar surface area (TPSA) is 139 Å². The second-order valence-electron chi connectivity index (χ2n) is 9.32. The quantitative estimate of drug-likeness (QED) is 0.237. The lowest BCUT2D eigenvalue weighted by atomic mass is 10.1. The van der Waals surface area contributed by atoms with Crippen molar-refractivity contribution in [2.45, 2.75) is 50.0 Å². The van der Waals surface area contributed by atoms with Crippen molar-refractivity contribution in [2.75, 3.05) is 10.6 Å². The molecule has 15 heteroatoms. The van der Waals surface area contributed by atoms with Crippen LogP contribution in [0, 0.1) is 0 Å². The number of rotatable bonds is 9. The van der Waals surface area contributed by atoms with Gasteiger partial charge >= 0.3 is 6.36 Å². The molecule has 2 amide bonds. The minimum Gasteiger partial charge on any atom is -0.406 e. The van der Waals surface area contributed by atoms with Gasteiger partial charge in [-0.05, 0) is 42.5 Å². The number of hydrogen-bond donors (Lipinski definition) is 3. The first kappa shape index (κ1) is 28.6. The molecule has 2 aromatic carbocycles. The summed E-state index contributed by atoms with van der Waals surface area (Å²) in [6, 6.07) is 13.8. The van der Waals surface area contributed by atoms with Gasteiger partial charge in [-0.1, -0.05) is 65.1 Å². The summed E-state index contributed by atoms with van der Waals surface area (Å²) in [6.07, 6.45) is -3.90. The van der Waals surface area contributed by atoms with Crippen LogP contribution in [0.4, 0.5) is 23.4 Å². The van der Waals surface area contributed by atoms with Gasteiger partial charge in [0, 0.05) is 11.8 Å². The molecule has 4 aromatic rings. The zero-order valence-electron chi connectivity index (χ0n) is 21.2. The number of nitrogens with one attached hydrogen (secondary N) is 2. The molecule has 2 aromatic heterocycles. The average Bonchev–Trinajstić information content (AvgIpc) is 3.69. The molecule has 2 heterocycles. The van der Waals surface area contributed by atoms with Crippen molar-refractivity contribution in [3.05, 3.63) is 75.7 Å². The Morgan fingerprint density at radius 1 is 0.927 bits per heavy atom. The Morgan fingerprint density at radius 2 is 1.56 bits per heavy atom. The van der Waals surface area contributed by atoms with E-state index in [1.807, 2.05) is 0 Å². The second kappa shape index (κ2) is 12.3. The van der Waals surface area contributed by atoms with Crippen molar-refractivity contribution in [1.82, 2.24) is 20.4 Å². The molecule has 1 unspecified atom stereocenters. The highest BCUT2D eigenvalue weighted by Gasteiger charge is 2.33. The van der Waals surface area contributed by atoms with Gasteiger partial charge in [0.25, 0.3) is 5.91 Å². The lowest BCUT2D eigenvalue weighted by Crippen LogP contribution is -2.20. The predicted octanol–water partition coefficient (Wildman–Crippen LogP) is 5.19. The number of benzene rings is 2. The van der Waals surface area contributed by atoms with E-state index in [1.54, 1.807) is 30.3 Å². The number of nitrogens with zero attached hydrogens (tertiary/aromatic N) is 4. The van der Waals surface area contributed by atoms with Crippen LogP contribution in [0.5, 0.6) is 5.75 Å². The van der Waals surface area contributed by atoms with Gasteiger partial charge in [0.1, 0.15) is 15.8 Å². The van der Waals surface area contributed by atoms with E-state index >= 15 is 0 Å². The molecule has 1 aliphatic carbocycles. The summed E-state index contributed by atoms with van der Waals surface area (Å²) in [6.45, 7) is 0. The van der Waals surface area contributed by atoms with Crippen LogP contribution in [0.15, 0.2) is 54.6 Å². The van der Waals surface area contributed by atoms with Gasteiger partial charge < -0.3 is 15.2 Å². The summed E-state index contributed by atoms with van der Waals surface area (Å²) < 4.78 is 41.3. The predicted molar refractivity (Wildman–Crippen MR) is 145 cm³/mol. The van der Waals surface area contributed by atoms with E-state index in [1.165, 1.54) is 34.8 Å². The zero-order valence-corrected chi connectivity index (χ0v) is 22.8. The Bertz CT molecular complexity index is 1510. The summed E-state index contributed by atoms with van der Waals surface area (Å²) in [5.74, 6) is -1.22. The Balaban J connectivity index is 1.13. The van der Waals surface area contributed by atoms with Crippen LogP contribution in [-0.4, -0.2) is 43.7 Å². The second-order valence-corrected chi connectivity index (χ2v) is 11.3. The molecule has 10 nitrogen and oxygen atoms in total. The molecule has 0 radical (unpaired) electrons. The first-order valence-electron chi connectivity index (χ1n) is 12.5. The number of hydrogen-bond acceptors (Lipinski definition) is 10. The van der Waals surface area contributed by atoms with Crippen LogP contribution in [0.3, 0.4) is 0 Å². The molecule has 1 aliphatic rings. The molecule has 3 N–H and O–H groups in total. The van der Waals surface area contributed by atoms with Crippen LogP contribution >= 0.6 is 22.7 Å². The van der Waals surface area contributed by atoms with E-state index in [9.17, 15) is 27.9 Å². The van der Waals surface area contributed by atoms with E-state index in [0.717, 1.165) is 41.4 Å². The number of aliphatic hydroxyl groups excluding tert-OH is 1. The smallest absolute Gasteiger partial charge is 0.406 e. The van der Waals surface area contributed by atoms with Gasteiger partial charge in [0.15, 0.2) is 6.10 Å². The Morgan fingerprint density at radius 3 is 2.20 bits per heavy atom. The van der Waals surface area contributed by atoms with Gasteiger partial charge in [-0.2, -0.15) is 0 Å².